The van der Waals surface area contributed by atoms with Crippen LogP contribution in [0, 0.1) is 0 Å². The first-order valence-corrected chi connectivity index (χ1v) is 7.45. The van der Waals surface area contributed by atoms with Crippen molar-refractivity contribution in [3.8, 4) is 5.75 Å². The van der Waals surface area contributed by atoms with Crippen LogP contribution in [-0.4, -0.2) is 18.9 Å². The monoisotopic (exact) mass is 310 g/mol. The van der Waals surface area contributed by atoms with Crippen molar-refractivity contribution in [2.75, 3.05) is 17.7 Å². The second-order valence-corrected chi connectivity index (χ2v) is 5.55. The summed E-state index contributed by atoms with van der Waals surface area (Å²) >= 11 is 0. The van der Waals surface area contributed by atoms with Gasteiger partial charge < -0.3 is 15.4 Å². The van der Waals surface area contributed by atoms with E-state index < -0.39 is 0 Å². The van der Waals surface area contributed by atoms with E-state index in [0.29, 0.717) is 11.4 Å². The average Bonchev–Trinajstić information content (AvgIpc) is 2.83. The Hall–Kier alpha value is -2.82. The molecule has 0 radical (unpaired) electrons. The van der Waals surface area contributed by atoms with Crippen molar-refractivity contribution in [2.45, 2.75) is 19.3 Å². The van der Waals surface area contributed by atoms with Crippen LogP contribution in [0.2, 0.25) is 0 Å². The lowest BCUT2D eigenvalue weighted by molar-refractivity contribution is -0.117. The number of carbonyl (C=O) groups is 2. The van der Waals surface area contributed by atoms with E-state index in [1.807, 2.05) is 43.3 Å². The summed E-state index contributed by atoms with van der Waals surface area (Å²) in [5.41, 5.74) is 3.24. The summed E-state index contributed by atoms with van der Waals surface area (Å²) in [6.07, 6.45) is 0.230. The molecule has 0 aliphatic carbocycles. The molecule has 2 aromatic carbocycles. The Bertz CT molecular complexity index is 771. The molecule has 2 amide bonds. The van der Waals surface area contributed by atoms with Gasteiger partial charge in [-0.1, -0.05) is 18.2 Å². The van der Waals surface area contributed by atoms with Gasteiger partial charge in [-0.2, -0.15) is 0 Å². The predicted octanol–water partition coefficient (Wildman–Crippen LogP) is 2.93. The molecule has 0 saturated heterocycles. The standard InChI is InChI=1S/C18H18N2O3/c1-11-14-10-13(7-8-15(14)20-18(11)22)19-17(21)9-12-5-3-4-6-16(12)23-2/h3-8,10-11H,9H2,1-2H3,(H,19,21)(H,20,22). The zero-order chi connectivity index (χ0) is 16.4. The molecule has 1 unspecified atom stereocenters. The van der Waals surface area contributed by atoms with Gasteiger partial charge >= 0.3 is 0 Å². The molecule has 5 heteroatoms. The van der Waals surface area contributed by atoms with Gasteiger partial charge in [-0.15, -0.1) is 0 Å². The number of fused-ring (bicyclic) bond motifs is 1. The van der Waals surface area contributed by atoms with Gasteiger partial charge in [0.15, 0.2) is 0 Å². The molecule has 0 aromatic heterocycles. The van der Waals surface area contributed by atoms with E-state index >= 15 is 0 Å². The second kappa shape index (κ2) is 6.12. The number of nitrogens with one attached hydrogen (secondary N) is 2. The van der Waals surface area contributed by atoms with Gasteiger partial charge in [0.05, 0.1) is 19.4 Å². The summed E-state index contributed by atoms with van der Waals surface area (Å²) in [7, 11) is 1.59. The quantitative estimate of drug-likeness (QED) is 0.912. The third kappa shape index (κ3) is 3.04. The van der Waals surface area contributed by atoms with Crippen LogP contribution in [0.5, 0.6) is 5.75 Å². The van der Waals surface area contributed by atoms with Crippen molar-refractivity contribution < 1.29 is 14.3 Å². The highest BCUT2D eigenvalue weighted by molar-refractivity contribution is 6.03. The molecule has 118 valence electrons. The average molecular weight is 310 g/mol. The molecule has 3 rings (SSSR count). The fourth-order valence-electron chi connectivity index (χ4n) is 2.72. The minimum absolute atomic E-state index is 0.0162. The van der Waals surface area contributed by atoms with Crippen molar-refractivity contribution in [1.82, 2.24) is 0 Å². The van der Waals surface area contributed by atoms with E-state index in [0.717, 1.165) is 16.8 Å². The summed E-state index contributed by atoms with van der Waals surface area (Å²) in [4.78, 5) is 23.9. The number of amides is 2. The van der Waals surface area contributed by atoms with Gasteiger partial charge in [0.2, 0.25) is 11.8 Å². The highest BCUT2D eigenvalue weighted by atomic mass is 16.5. The summed E-state index contributed by atoms with van der Waals surface area (Å²) < 4.78 is 5.26. The highest BCUT2D eigenvalue weighted by Gasteiger charge is 2.26. The minimum atomic E-state index is -0.198. The molecule has 2 aromatic rings. The van der Waals surface area contributed by atoms with Crippen molar-refractivity contribution in [1.29, 1.82) is 0 Å². The molecule has 1 aliphatic heterocycles. The van der Waals surface area contributed by atoms with Gasteiger partial charge in [-0.25, -0.2) is 0 Å². The number of methoxy groups -OCH3 is 1. The number of carbonyl (C=O) groups excluding carboxylic acids is 2. The van der Waals surface area contributed by atoms with Crippen LogP contribution in [-0.2, 0) is 16.0 Å². The summed E-state index contributed by atoms with van der Waals surface area (Å²) in [6.45, 7) is 1.85. The normalized spacial score (nSPS) is 15.7. The fourth-order valence-corrected chi connectivity index (χ4v) is 2.72. The largest absolute Gasteiger partial charge is 0.496 e. The van der Waals surface area contributed by atoms with E-state index in [1.54, 1.807) is 13.2 Å². The topological polar surface area (TPSA) is 67.4 Å². The van der Waals surface area contributed by atoms with Crippen molar-refractivity contribution in [3.63, 3.8) is 0 Å². The Labute approximate surface area is 134 Å². The Morgan fingerprint density at radius 2 is 2.04 bits per heavy atom. The zero-order valence-electron chi connectivity index (χ0n) is 13.1. The number of hydrogen-bond acceptors (Lipinski definition) is 3. The maximum absolute atomic E-state index is 12.2. The maximum atomic E-state index is 12.2. The number of rotatable bonds is 4. The van der Waals surface area contributed by atoms with E-state index in [-0.39, 0.29) is 24.2 Å². The molecule has 1 aliphatic rings. The SMILES string of the molecule is COc1ccccc1CC(=O)Nc1ccc2c(c1)C(C)C(=O)N2. The number of ether oxygens (including phenoxy) is 1. The van der Waals surface area contributed by atoms with Crippen LogP contribution in [0.25, 0.3) is 0 Å². The molecule has 2 N–H and O–H groups in total. The molecule has 23 heavy (non-hydrogen) atoms. The Balaban J connectivity index is 1.73. The summed E-state index contributed by atoms with van der Waals surface area (Å²) in [5, 5.41) is 5.69. The lowest BCUT2D eigenvalue weighted by Gasteiger charge is -2.10. The molecule has 5 nitrogen and oxygen atoms in total. The van der Waals surface area contributed by atoms with E-state index in [1.165, 1.54) is 0 Å². The van der Waals surface area contributed by atoms with Crippen molar-refractivity contribution in [2.24, 2.45) is 0 Å². The van der Waals surface area contributed by atoms with Gasteiger partial charge in [0.25, 0.3) is 0 Å². The molecule has 1 atom stereocenters. The Morgan fingerprint density at radius 3 is 2.83 bits per heavy atom. The van der Waals surface area contributed by atoms with E-state index in [2.05, 4.69) is 10.6 Å². The molecule has 0 saturated carbocycles. The van der Waals surface area contributed by atoms with Gasteiger partial charge in [0.1, 0.15) is 5.75 Å². The second-order valence-electron chi connectivity index (χ2n) is 5.55. The molecule has 0 fully saturated rings. The van der Waals surface area contributed by atoms with Gasteiger partial charge in [-0.3, -0.25) is 9.59 Å². The first kappa shape index (κ1) is 15.1. The number of hydrogen-bond donors (Lipinski definition) is 2. The smallest absolute Gasteiger partial charge is 0.231 e. The first-order chi connectivity index (χ1) is 11.1. The number of para-hydroxylation sites is 1. The molecular formula is C18H18N2O3. The molecule has 0 spiro atoms. The maximum Gasteiger partial charge on any atom is 0.231 e. The lowest BCUT2D eigenvalue weighted by Crippen LogP contribution is -2.15. The predicted molar refractivity (Wildman–Crippen MR) is 88.8 cm³/mol. The van der Waals surface area contributed by atoms with Crippen LogP contribution in [0.4, 0.5) is 11.4 Å². The fraction of sp³-hybridized carbons (Fsp3) is 0.222. The summed E-state index contributed by atoms with van der Waals surface area (Å²) in [6, 6.07) is 12.9. The molecular weight excluding hydrogens is 292 g/mol. The Kier molecular flexibility index (Phi) is 4.02. The lowest BCUT2D eigenvalue weighted by atomic mass is 10.0. The minimum Gasteiger partial charge on any atom is -0.496 e. The number of benzene rings is 2. The van der Waals surface area contributed by atoms with Crippen molar-refractivity contribution >= 4 is 23.2 Å². The molecule has 0 bridgehead atoms. The van der Waals surface area contributed by atoms with E-state index in [9.17, 15) is 9.59 Å². The van der Waals surface area contributed by atoms with Gasteiger partial charge in [-0.05, 0) is 36.8 Å². The Morgan fingerprint density at radius 1 is 1.26 bits per heavy atom. The zero-order valence-corrected chi connectivity index (χ0v) is 13.1. The van der Waals surface area contributed by atoms with Crippen LogP contribution >= 0.6 is 0 Å². The third-order valence-corrected chi connectivity index (χ3v) is 4.00. The third-order valence-electron chi connectivity index (χ3n) is 4.00. The summed E-state index contributed by atoms with van der Waals surface area (Å²) in [5.74, 6) is 0.355. The van der Waals surface area contributed by atoms with Crippen LogP contribution in [0.3, 0.4) is 0 Å². The van der Waals surface area contributed by atoms with E-state index in [4.69, 9.17) is 4.74 Å². The molecule has 1 heterocycles. The van der Waals surface area contributed by atoms with Crippen molar-refractivity contribution in [3.05, 3.63) is 53.6 Å². The van der Waals surface area contributed by atoms with Crippen LogP contribution in [0.1, 0.15) is 24.0 Å². The van der Waals surface area contributed by atoms with Crippen LogP contribution in [0.15, 0.2) is 42.5 Å². The van der Waals surface area contributed by atoms with Gasteiger partial charge in [0, 0.05) is 16.9 Å². The first-order valence-electron chi connectivity index (χ1n) is 7.45. The number of anilines is 2. The highest BCUT2D eigenvalue weighted by Crippen LogP contribution is 2.34. The van der Waals surface area contributed by atoms with Crippen LogP contribution < -0.4 is 15.4 Å².